The van der Waals surface area contributed by atoms with Gasteiger partial charge in [-0.25, -0.2) is 0 Å². The molecule has 5 heteroatoms. The van der Waals surface area contributed by atoms with Crippen LogP contribution in [0.25, 0.3) is 0 Å². The lowest BCUT2D eigenvalue weighted by atomic mass is 10.0. The van der Waals surface area contributed by atoms with Crippen LogP contribution in [0.2, 0.25) is 0 Å². The molecule has 1 fully saturated rings. The number of ether oxygens (including phenoxy) is 2. The molecule has 20 heavy (non-hydrogen) atoms. The van der Waals surface area contributed by atoms with Crippen molar-refractivity contribution in [3.63, 3.8) is 0 Å². The van der Waals surface area contributed by atoms with E-state index in [1.54, 1.807) is 0 Å². The Morgan fingerprint density at radius 3 is 2.70 bits per heavy atom. The summed E-state index contributed by atoms with van der Waals surface area (Å²) >= 11 is 0. The molecule has 0 radical (unpaired) electrons. The van der Waals surface area contributed by atoms with Gasteiger partial charge < -0.3 is 14.6 Å². The molecule has 3 atom stereocenters. The number of ketones is 1. The van der Waals surface area contributed by atoms with E-state index in [9.17, 15) is 14.7 Å². The molecule has 5 nitrogen and oxygen atoms in total. The third-order valence-electron chi connectivity index (χ3n) is 3.53. The van der Waals surface area contributed by atoms with Crippen molar-refractivity contribution in [2.75, 3.05) is 7.11 Å². The van der Waals surface area contributed by atoms with E-state index in [0.717, 1.165) is 5.56 Å². The first-order chi connectivity index (χ1) is 9.61. The molecule has 108 valence electrons. The van der Waals surface area contributed by atoms with Gasteiger partial charge in [0.1, 0.15) is 5.78 Å². The van der Waals surface area contributed by atoms with Gasteiger partial charge in [-0.05, 0) is 5.56 Å². The molecule has 1 aliphatic carbocycles. The van der Waals surface area contributed by atoms with E-state index in [-0.39, 0.29) is 18.6 Å². The van der Waals surface area contributed by atoms with Crippen molar-refractivity contribution in [1.82, 2.24) is 0 Å². The molecule has 0 amide bonds. The Kier molecular flexibility index (Phi) is 4.87. The van der Waals surface area contributed by atoms with Gasteiger partial charge in [-0.2, -0.15) is 0 Å². The number of methoxy groups -OCH3 is 1. The highest BCUT2D eigenvalue weighted by molar-refractivity contribution is 5.88. The van der Waals surface area contributed by atoms with Crippen LogP contribution in [0.15, 0.2) is 30.3 Å². The second kappa shape index (κ2) is 6.63. The number of hydrogen-bond acceptors (Lipinski definition) is 5. The van der Waals surface area contributed by atoms with Crippen molar-refractivity contribution in [3.05, 3.63) is 35.9 Å². The zero-order chi connectivity index (χ0) is 14.5. The van der Waals surface area contributed by atoms with Gasteiger partial charge in [0.05, 0.1) is 38.3 Å². The average molecular weight is 278 g/mol. The number of carbonyl (C=O) groups is 2. The number of Topliss-reactive ketones (excluding diaryl/α,β-unsaturated/α-hetero) is 1. The zero-order valence-corrected chi connectivity index (χ0v) is 11.3. The number of benzene rings is 1. The minimum absolute atomic E-state index is 0.0955. The normalized spacial score (nSPS) is 25.7. The predicted octanol–water partition coefficient (Wildman–Crippen LogP) is 1.08. The Labute approximate surface area is 117 Å². The number of hydrogen-bond donors (Lipinski definition) is 1. The van der Waals surface area contributed by atoms with Crippen LogP contribution >= 0.6 is 0 Å². The predicted molar refractivity (Wildman–Crippen MR) is 70.8 cm³/mol. The smallest absolute Gasteiger partial charge is 0.306 e. The van der Waals surface area contributed by atoms with Gasteiger partial charge in [0.2, 0.25) is 0 Å². The Balaban J connectivity index is 1.91. The van der Waals surface area contributed by atoms with E-state index < -0.39 is 24.1 Å². The Morgan fingerprint density at radius 1 is 1.35 bits per heavy atom. The second-order valence-corrected chi connectivity index (χ2v) is 4.88. The summed E-state index contributed by atoms with van der Waals surface area (Å²) < 4.78 is 10.1. The van der Waals surface area contributed by atoms with Crippen molar-refractivity contribution in [2.45, 2.75) is 31.7 Å². The van der Waals surface area contributed by atoms with Crippen LogP contribution in [0.3, 0.4) is 0 Å². The molecule has 0 heterocycles. The quantitative estimate of drug-likeness (QED) is 0.816. The zero-order valence-electron chi connectivity index (χ0n) is 11.3. The maximum Gasteiger partial charge on any atom is 0.306 e. The van der Waals surface area contributed by atoms with Gasteiger partial charge in [0.15, 0.2) is 0 Å². The standard InChI is InChI=1S/C15H18O5/c1-19-14(17)7-11-12(16)8-13(15(11)18)20-9-10-5-3-2-4-6-10/h2-6,11,13,15,18H,7-9H2,1H3/t11?,13-,15?/m1/s1. The van der Waals surface area contributed by atoms with Crippen LogP contribution in [0.1, 0.15) is 18.4 Å². The van der Waals surface area contributed by atoms with Gasteiger partial charge >= 0.3 is 5.97 Å². The van der Waals surface area contributed by atoms with Crippen molar-refractivity contribution < 1.29 is 24.2 Å². The number of aliphatic hydroxyl groups excluding tert-OH is 1. The summed E-state index contributed by atoms with van der Waals surface area (Å²) in [4.78, 5) is 23.0. The summed E-state index contributed by atoms with van der Waals surface area (Å²) in [6.07, 6.45) is -1.47. The average Bonchev–Trinajstić information content (AvgIpc) is 2.73. The van der Waals surface area contributed by atoms with E-state index in [1.807, 2.05) is 30.3 Å². The van der Waals surface area contributed by atoms with Crippen LogP contribution in [0.4, 0.5) is 0 Å². The van der Waals surface area contributed by atoms with Crippen LogP contribution in [0.5, 0.6) is 0 Å². The van der Waals surface area contributed by atoms with Crippen molar-refractivity contribution in [1.29, 1.82) is 0 Å². The summed E-state index contributed by atoms with van der Waals surface area (Å²) in [6.45, 7) is 0.334. The molecule has 0 bridgehead atoms. The molecule has 1 aromatic carbocycles. The first-order valence-corrected chi connectivity index (χ1v) is 6.55. The van der Waals surface area contributed by atoms with Crippen molar-refractivity contribution in [2.24, 2.45) is 5.92 Å². The maximum atomic E-state index is 11.8. The van der Waals surface area contributed by atoms with E-state index in [1.165, 1.54) is 7.11 Å². The summed E-state index contributed by atoms with van der Waals surface area (Å²) in [7, 11) is 1.26. The monoisotopic (exact) mass is 278 g/mol. The molecule has 1 aromatic rings. The fourth-order valence-corrected chi connectivity index (χ4v) is 2.35. The number of rotatable bonds is 5. The summed E-state index contributed by atoms with van der Waals surface area (Å²) in [5.41, 5.74) is 0.976. The summed E-state index contributed by atoms with van der Waals surface area (Å²) in [6, 6.07) is 9.53. The molecular weight excluding hydrogens is 260 g/mol. The van der Waals surface area contributed by atoms with Crippen molar-refractivity contribution >= 4 is 11.8 Å². The third-order valence-corrected chi connectivity index (χ3v) is 3.53. The number of carbonyl (C=O) groups excluding carboxylic acids is 2. The molecule has 0 aromatic heterocycles. The minimum Gasteiger partial charge on any atom is -0.469 e. The lowest BCUT2D eigenvalue weighted by Crippen LogP contribution is -2.30. The topological polar surface area (TPSA) is 72.8 Å². The largest absolute Gasteiger partial charge is 0.469 e. The fraction of sp³-hybridized carbons (Fsp3) is 0.467. The van der Waals surface area contributed by atoms with Gasteiger partial charge in [0.25, 0.3) is 0 Å². The highest BCUT2D eigenvalue weighted by atomic mass is 16.5. The Bertz CT molecular complexity index is 470. The Morgan fingerprint density at radius 2 is 2.05 bits per heavy atom. The van der Waals surface area contributed by atoms with Gasteiger partial charge in [-0.3, -0.25) is 9.59 Å². The highest BCUT2D eigenvalue weighted by Crippen LogP contribution is 2.28. The number of aliphatic hydroxyl groups is 1. The summed E-state index contributed by atoms with van der Waals surface area (Å²) in [5, 5.41) is 10.1. The number of esters is 1. The first kappa shape index (κ1) is 14.7. The Hall–Kier alpha value is -1.72. The summed E-state index contributed by atoms with van der Waals surface area (Å²) in [5.74, 6) is -1.37. The molecule has 0 spiro atoms. The minimum atomic E-state index is -0.953. The molecular formula is C15H18O5. The van der Waals surface area contributed by atoms with Crippen LogP contribution in [-0.4, -0.2) is 36.2 Å². The van der Waals surface area contributed by atoms with Gasteiger partial charge in [0, 0.05) is 6.42 Å². The molecule has 0 saturated heterocycles. The van der Waals surface area contributed by atoms with Crippen LogP contribution < -0.4 is 0 Å². The third kappa shape index (κ3) is 3.43. The van der Waals surface area contributed by atoms with E-state index in [0.29, 0.717) is 6.61 Å². The lowest BCUT2D eigenvalue weighted by Gasteiger charge is -2.18. The highest BCUT2D eigenvalue weighted by Gasteiger charge is 2.43. The molecule has 2 unspecified atom stereocenters. The molecule has 1 aliphatic rings. The van der Waals surface area contributed by atoms with E-state index in [2.05, 4.69) is 4.74 Å². The molecule has 1 saturated carbocycles. The SMILES string of the molecule is COC(=O)CC1C(=O)C[C@@H](OCc2ccccc2)C1O. The molecule has 0 aliphatic heterocycles. The molecule has 1 N–H and O–H groups in total. The fourth-order valence-electron chi connectivity index (χ4n) is 2.35. The van der Waals surface area contributed by atoms with Gasteiger partial charge in [-0.1, -0.05) is 30.3 Å². The van der Waals surface area contributed by atoms with E-state index >= 15 is 0 Å². The van der Waals surface area contributed by atoms with Crippen LogP contribution in [0, 0.1) is 5.92 Å². The van der Waals surface area contributed by atoms with E-state index in [4.69, 9.17) is 4.74 Å². The first-order valence-electron chi connectivity index (χ1n) is 6.55. The second-order valence-electron chi connectivity index (χ2n) is 4.88. The van der Waals surface area contributed by atoms with Gasteiger partial charge in [-0.15, -0.1) is 0 Å². The maximum absolute atomic E-state index is 11.8. The lowest BCUT2D eigenvalue weighted by molar-refractivity contribution is -0.145. The van der Waals surface area contributed by atoms with Crippen LogP contribution in [-0.2, 0) is 25.7 Å². The molecule has 2 rings (SSSR count). The van der Waals surface area contributed by atoms with Crippen molar-refractivity contribution in [3.8, 4) is 0 Å².